The smallest absolute Gasteiger partial charge is 0.232 e. The van der Waals surface area contributed by atoms with Crippen LogP contribution in [0.3, 0.4) is 0 Å². The lowest BCUT2D eigenvalue weighted by molar-refractivity contribution is 0.0195. The number of methoxy groups -OCH3 is 1. The maximum Gasteiger partial charge on any atom is 0.232 e. The monoisotopic (exact) mass is 282 g/mol. The number of ether oxygens (including phenoxy) is 2. The summed E-state index contributed by atoms with van der Waals surface area (Å²) in [6.07, 6.45) is 4.32. The largest absolute Gasteiger partial charge is 0.473 e. The maximum absolute atomic E-state index is 9.31. The quantitative estimate of drug-likeness (QED) is 0.865. The van der Waals surface area contributed by atoms with Crippen molar-refractivity contribution in [1.29, 1.82) is 5.26 Å². The summed E-state index contributed by atoms with van der Waals surface area (Å²) in [5.74, 6) is 0.443. The van der Waals surface area contributed by atoms with Gasteiger partial charge in [-0.2, -0.15) is 5.26 Å². The summed E-state index contributed by atoms with van der Waals surface area (Å²) < 4.78 is 11.4. The number of nitriles is 1. The van der Waals surface area contributed by atoms with E-state index in [0.717, 1.165) is 36.6 Å². The van der Waals surface area contributed by atoms with Gasteiger partial charge in [0, 0.05) is 18.9 Å². The predicted octanol–water partition coefficient (Wildman–Crippen LogP) is 3.44. The Kier molecular flexibility index (Phi) is 4.03. The molecule has 0 bridgehead atoms. The van der Waals surface area contributed by atoms with E-state index >= 15 is 0 Å². The van der Waals surface area contributed by atoms with Gasteiger partial charge in [-0.05, 0) is 31.4 Å². The Balaban J connectivity index is 1.87. The zero-order valence-electron chi connectivity index (χ0n) is 12.1. The molecule has 0 N–H and O–H groups in total. The third-order valence-electron chi connectivity index (χ3n) is 4.00. The van der Waals surface area contributed by atoms with Gasteiger partial charge in [0.15, 0.2) is 0 Å². The van der Waals surface area contributed by atoms with Crippen LogP contribution in [0.15, 0.2) is 30.3 Å². The number of benzene rings is 1. The number of para-hydroxylation sites is 1. The lowest BCUT2D eigenvalue weighted by atomic mass is 9.95. The molecule has 0 spiro atoms. The molecule has 1 heterocycles. The van der Waals surface area contributed by atoms with Gasteiger partial charge in [0.1, 0.15) is 17.7 Å². The molecule has 1 aliphatic carbocycles. The maximum atomic E-state index is 9.31. The second kappa shape index (κ2) is 6.11. The lowest BCUT2D eigenvalue weighted by Gasteiger charge is -2.28. The number of nitrogens with zero attached hydrogens (tertiary/aromatic N) is 2. The molecule has 108 valence electrons. The van der Waals surface area contributed by atoms with Crippen LogP contribution in [0.4, 0.5) is 0 Å². The molecular weight excluding hydrogens is 264 g/mol. The van der Waals surface area contributed by atoms with E-state index in [4.69, 9.17) is 9.47 Å². The molecule has 2 unspecified atom stereocenters. The summed E-state index contributed by atoms with van der Waals surface area (Å²) in [7, 11) is 1.74. The molecule has 0 radical (unpaired) electrons. The summed E-state index contributed by atoms with van der Waals surface area (Å²) in [6.45, 7) is 0. The zero-order chi connectivity index (χ0) is 14.7. The SMILES string of the molecule is COC1CCCC(Oc2nc3ccccc3cc2C#N)C1. The topological polar surface area (TPSA) is 55.1 Å². The minimum atomic E-state index is 0.0736. The first kappa shape index (κ1) is 13.8. The van der Waals surface area contributed by atoms with Crippen molar-refractivity contribution in [1.82, 2.24) is 4.98 Å². The van der Waals surface area contributed by atoms with Crippen molar-refractivity contribution in [2.75, 3.05) is 7.11 Å². The first-order chi connectivity index (χ1) is 10.3. The zero-order valence-corrected chi connectivity index (χ0v) is 12.1. The summed E-state index contributed by atoms with van der Waals surface area (Å²) in [5, 5.41) is 10.3. The van der Waals surface area contributed by atoms with Crippen molar-refractivity contribution in [3.05, 3.63) is 35.9 Å². The van der Waals surface area contributed by atoms with Gasteiger partial charge in [-0.3, -0.25) is 0 Å². The number of aromatic nitrogens is 1. The molecule has 1 aromatic heterocycles. The number of fused-ring (bicyclic) bond motifs is 1. The molecule has 4 nitrogen and oxygen atoms in total. The fourth-order valence-electron chi connectivity index (χ4n) is 2.85. The molecule has 1 aliphatic rings. The molecule has 2 atom stereocenters. The Morgan fingerprint density at radius 2 is 2.05 bits per heavy atom. The van der Waals surface area contributed by atoms with E-state index < -0.39 is 0 Å². The molecule has 1 fully saturated rings. The third-order valence-corrected chi connectivity index (χ3v) is 4.00. The minimum Gasteiger partial charge on any atom is -0.473 e. The van der Waals surface area contributed by atoms with Crippen molar-refractivity contribution >= 4 is 10.9 Å². The van der Waals surface area contributed by atoms with Gasteiger partial charge in [-0.1, -0.05) is 18.2 Å². The van der Waals surface area contributed by atoms with Gasteiger partial charge < -0.3 is 9.47 Å². The second-order valence-corrected chi connectivity index (χ2v) is 5.41. The van der Waals surface area contributed by atoms with Gasteiger partial charge in [-0.15, -0.1) is 0 Å². The van der Waals surface area contributed by atoms with Gasteiger partial charge in [0.05, 0.1) is 11.6 Å². The van der Waals surface area contributed by atoms with E-state index in [9.17, 15) is 5.26 Å². The fourth-order valence-corrected chi connectivity index (χ4v) is 2.85. The Labute approximate surface area is 124 Å². The Hall–Kier alpha value is -2.12. The molecule has 1 saturated carbocycles. The van der Waals surface area contributed by atoms with Crippen LogP contribution >= 0.6 is 0 Å². The van der Waals surface area contributed by atoms with Crippen LogP contribution in [-0.2, 0) is 4.74 Å². The average Bonchev–Trinajstić information content (AvgIpc) is 2.54. The lowest BCUT2D eigenvalue weighted by Crippen LogP contribution is -2.29. The van der Waals surface area contributed by atoms with Crippen LogP contribution in [0.1, 0.15) is 31.2 Å². The van der Waals surface area contributed by atoms with Gasteiger partial charge in [0.25, 0.3) is 0 Å². The Bertz CT molecular complexity index is 678. The highest BCUT2D eigenvalue weighted by Crippen LogP contribution is 2.27. The molecule has 0 aliphatic heterocycles. The van der Waals surface area contributed by atoms with E-state index in [1.165, 1.54) is 0 Å². The van der Waals surface area contributed by atoms with Crippen LogP contribution < -0.4 is 4.74 Å². The summed E-state index contributed by atoms with van der Waals surface area (Å²) in [5.41, 5.74) is 1.35. The second-order valence-electron chi connectivity index (χ2n) is 5.41. The van der Waals surface area contributed by atoms with E-state index in [1.54, 1.807) is 7.11 Å². The Morgan fingerprint density at radius 3 is 2.86 bits per heavy atom. The standard InChI is InChI=1S/C17H18N2O2/c1-20-14-6-4-7-15(10-14)21-17-13(11-18)9-12-5-2-3-8-16(12)19-17/h2-3,5,8-9,14-15H,4,6-7,10H2,1H3. The van der Waals surface area contributed by atoms with Crippen molar-refractivity contribution in [2.45, 2.75) is 37.9 Å². The van der Waals surface area contributed by atoms with E-state index in [-0.39, 0.29) is 12.2 Å². The molecule has 0 saturated heterocycles. The van der Waals surface area contributed by atoms with Crippen LogP contribution in [0.5, 0.6) is 5.88 Å². The van der Waals surface area contributed by atoms with E-state index in [0.29, 0.717) is 11.4 Å². The fraction of sp³-hybridized carbons (Fsp3) is 0.412. The minimum absolute atomic E-state index is 0.0736. The van der Waals surface area contributed by atoms with Crippen molar-refractivity contribution in [3.63, 3.8) is 0 Å². The van der Waals surface area contributed by atoms with E-state index in [2.05, 4.69) is 11.1 Å². The highest BCUT2D eigenvalue weighted by atomic mass is 16.5. The summed E-state index contributed by atoms with van der Waals surface area (Å²) >= 11 is 0. The molecular formula is C17H18N2O2. The first-order valence-electron chi connectivity index (χ1n) is 7.29. The molecule has 0 amide bonds. The highest BCUT2D eigenvalue weighted by Gasteiger charge is 2.24. The predicted molar refractivity (Wildman–Crippen MR) is 80.1 cm³/mol. The van der Waals surface area contributed by atoms with Gasteiger partial charge in [-0.25, -0.2) is 4.98 Å². The Morgan fingerprint density at radius 1 is 1.24 bits per heavy atom. The first-order valence-corrected chi connectivity index (χ1v) is 7.29. The normalized spacial score (nSPS) is 21.9. The molecule has 21 heavy (non-hydrogen) atoms. The molecule has 3 rings (SSSR count). The van der Waals surface area contributed by atoms with Crippen LogP contribution in [0, 0.1) is 11.3 Å². The number of pyridine rings is 1. The highest BCUT2D eigenvalue weighted by molar-refractivity contribution is 5.80. The summed E-state index contributed by atoms with van der Waals surface area (Å²) in [6, 6.07) is 11.8. The molecule has 1 aromatic carbocycles. The number of rotatable bonds is 3. The van der Waals surface area contributed by atoms with Gasteiger partial charge in [0.2, 0.25) is 5.88 Å². The van der Waals surface area contributed by atoms with Crippen molar-refractivity contribution in [3.8, 4) is 11.9 Å². The van der Waals surface area contributed by atoms with Crippen LogP contribution in [-0.4, -0.2) is 24.3 Å². The van der Waals surface area contributed by atoms with Crippen molar-refractivity contribution < 1.29 is 9.47 Å². The summed E-state index contributed by atoms with van der Waals surface area (Å²) in [4.78, 5) is 4.51. The number of hydrogen-bond acceptors (Lipinski definition) is 4. The number of hydrogen-bond donors (Lipinski definition) is 0. The van der Waals surface area contributed by atoms with Gasteiger partial charge >= 0.3 is 0 Å². The molecule has 4 heteroatoms. The molecule has 2 aromatic rings. The van der Waals surface area contributed by atoms with Crippen molar-refractivity contribution in [2.24, 2.45) is 0 Å². The average molecular weight is 282 g/mol. The van der Waals surface area contributed by atoms with E-state index in [1.807, 2.05) is 30.3 Å². The van der Waals surface area contributed by atoms with Crippen LogP contribution in [0.2, 0.25) is 0 Å². The third kappa shape index (κ3) is 2.98. The van der Waals surface area contributed by atoms with Crippen LogP contribution in [0.25, 0.3) is 10.9 Å².